The summed E-state index contributed by atoms with van der Waals surface area (Å²) >= 11 is 0. The largest absolute Gasteiger partial charge is 0.493 e. The van der Waals surface area contributed by atoms with E-state index < -0.39 is 5.97 Å². The number of benzene rings is 3. The van der Waals surface area contributed by atoms with Gasteiger partial charge in [0.1, 0.15) is 0 Å². The van der Waals surface area contributed by atoms with Gasteiger partial charge < -0.3 is 25.2 Å². The molecule has 0 bridgehead atoms. The minimum absolute atomic E-state index is 0.117. The third-order valence-electron chi connectivity index (χ3n) is 5.85. The molecule has 9 heteroatoms. The summed E-state index contributed by atoms with van der Waals surface area (Å²) in [4.78, 5) is 33.4. The number of amides is 1. The van der Waals surface area contributed by atoms with Crippen molar-refractivity contribution in [3.05, 3.63) is 71.3 Å². The highest BCUT2D eigenvalue weighted by atomic mass is 16.5. The number of nitrogens with one attached hydrogen (secondary N) is 2. The van der Waals surface area contributed by atoms with Crippen LogP contribution in [0.25, 0.3) is 22.2 Å². The fraction of sp³-hybridized carbons (Fsp3) is 0.185. The van der Waals surface area contributed by atoms with Gasteiger partial charge in [0.05, 0.1) is 31.0 Å². The highest BCUT2D eigenvalue weighted by molar-refractivity contribution is 6.06. The van der Waals surface area contributed by atoms with Gasteiger partial charge in [0.2, 0.25) is 5.95 Å². The average Bonchev–Trinajstić information content (AvgIpc) is 2.91. The number of anilines is 2. The van der Waals surface area contributed by atoms with E-state index in [1.165, 1.54) is 24.3 Å². The first-order valence-corrected chi connectivity index (χ1v) is 11.3. The van der Waals surface area contributed by atoms with Crippen LogP contribution >= 0.6 is 0 Å². The second-order valence-electron chi connectivity index (χ2n) is 7.89. The summed E-state index contributed by atoms with van der Waals surface area (Å²) in [5.41, 5.74) is 4.21. The first-order chi connectivity index (χ1) is 17.4. The molecule has 0 radical (unpaired) electrons. The highest BCUT2D eigenvalue weighted by Crippen LogP contribution is 2.38. The zero-order chi connectivity index (χ0) is 25.8. The number of aromatic carboxylic acids is 1. The van der Waals surface area contributed by atoms with Gasteiger partial charge in [0, 0.05) is 35.3 Å². The lowest BCUT2D eigenvalue weighted by Gasteiger charge is -2.17. The van der Waals surface area contributed by atoms with Gasteiger partial charge in [0.25, 0.3) is 5.91 Å². The van der Waals surface area contributed by atoms with Gasteiger partial charge in [-0.05, 0) is 48.4 Å². The second-order valence-corrected chi connectivity index (χ2v) is 7.89. The van der Waals surface area contributed by atoms with Gasteiger partial charge in [-0.1, -0.05) is 19.1 Å². The second kappa shape index (κ2) is 10.3. The van der Waals surface area contributed by atoms with Crippen molar-refractivity contribution >= 4 is 34.4 Å². The van der Waals surface area contributed by atoms with E-state index in [1.54, 1.807) is 27.3 Å². The number of methoxy groups -OCH3 is 2. The molecule has 1 heterocycles. The van der Waals surface area contributed by atoms with Crippen LogP contribution in [0.3, 0.4) is 0 Å². The summed E-state index contributed by atoms with van der Waals surface area (Å²) in [6.45, 7) is 2.00. The van der Waals surface area contributed by atoms with Crippen molar-refractivity contribution in [2.24, 2.45) is 0 Å². The molecule has 0 aliphatic heterocycles. The molecule has 0 saturated carbocycles. The number of rotatable bonds is 8. The quantitative estimate of drug-likeness (QED) is 0.322. The zero-order valence-corrected chi connectivity index (χ0v) is 20.4. The normalized spacial score (nSPS) is 10.7. The summed E-state index contributed by atoms with van der Waals surface area (Å²) in [6, 6.07) is 15.1. The minimum Gasteiger partial charge on any atom is -0.493 e. The summed E-state index contributed by atoms with van der Waals surface area (Å²) in [5, 5.41) is 15.8. The number of ether oxygens (including phenoxy) is 2. The number of nitrogens with zero attached hydrogens (tertiary/aromatic N) is 2. The molecule has 0 aliphatic carbocycles. The molecule has 36 heavy (non-hydrogen) atoms. The van der Waals surface area contributed by atoms with Crippen molar-refractivity contribution in [3.8, 4) is 22.8 Å². The molecule has 0 unspecified atom stereocenters. The number of carbonyl (C=O) groups is 2. The molecule has 4 rings (SSSR count). The Labute approximate surface area is 208 Å². The molecular weight excluding hydrogens is 460 g/mol. The Morgan fingerprint density at radius 2 is 1.61 bits per heavy atom. The van der Waals surface area contributed by atoms with Crippen LogP contribution < -0.4 is 20.1 Å². The maximum absolute atomic E-state index is 13.0. The molecule has 3 N–H and O–H groups in total. The SMILES string of the molecule is CCc1c(NC(=O)c2ccc(C(=O)O)cc2)cccc1-c1nc(NC)nc2cc(OC)c(OC)cc12. The van der Waals surface area contributed by atoms with Crippen molar-refractivity contribution in [2.45, 2.75) is 13.3 Å². The lowest BCUT2D eigenvalue weighted by molar-refractivity contribution is 0.0696. The molecule has 3 aromatic carbocycles. The molecule has 1 aromatic heterocycles. The number of hydrogen-bond donors (Lipinski definition) is 3. The van der Waals surface area contributed by atoms with Crippen LogP contribution in [-0.2, 0) is 6.42 Å². The van der Waals surface area contributed by atoms with Crippen LogP contribution in [0.1, 0.15) is 33.2 Å². The standard InChI is InChI=1S/C27H26N4O5/c1-5-17-18(7-6-8-20(17)29-25(32)15-9-11-16(12-10-15)26(33)34)24-19-13-22(35-3)23(36-4)14-21(19)30-27(28-2)31-24/h6-14H,5H2,1-4H3,(H,29,32)(H,33,34)(H,28,30,31). The van der Waals surface area contributed by atoms with Crippen molar-refractivity contribution in [1.82, 2.24) is 9.97 Å². The van der Waals surface area contributed by atoms with Crippen LogP contribution in [0.2, 0.25) is 0 Å². The molecule has 0 spiro atoms. The van der Waals surface area contributed by atoms with Gasteiger partial charge >= 0.3 is 5.97 Å². The molecule has 0 saturated heterocycles. The van der Waals surface area contributed by atoms with Gasteiger partial charge in [-0.2, -0.15) is 0 Å². The molecule has 0 aliphatic rings. The maximum atomic E-state index is 13.0. The van der Waals surface area contributed by atoms with Crippen LogP contribution in [0.4, 0.5) is 11.6 Å². The lowest BCUT2D eigenvalue weighted by atomic mass is 9.97. The predicted molar refractivity (Wildman–Crippen MR) is 138 cm³/mol. The summed E-state index contributed by atoms with van der Waals surface area (Å²) in [6.07, 6.45) is 0.622. The van der Waals surface area contributed by atoms with E-state index in [2.05, 4.69) is 15.6 Å². The first-order valence-electron chi connectivity index (χ1n) is 11.3. The number of carbonyl (C=O) groups excluding carboxylic acids is 1. The van der Waals surface area contributed by atoms with Crippen LogP contribution in [-0.4, -0.2) is 48.2 Å². The van der Waals surface area contributed by atoms with Crippen LogP contribution in [0, 0.1) is 0 Å². The Morgan fingerprint density at radius 3 is 2.22 bits per heavy atom. The third-order valence-corrected chi connectivity index (χ3v) is 5.85. The third kappa shape index (κ3) is 4.63. The Kier molecular flexibility index (Phi) is 7.00. The van der Waals surface area contributed by atoms with Gasteiger partial charge in [-0.25, -0.2) is 14.8 Å². The van der Waals surface area contributed by atoms with Gasteiger partial charge in [-0.3, -0.25) is 4.79 Å². The van der Waals surface area contributed by atoms with Crippen molar-refractivity contribution in [1.29, 1.82) is 0 Å². The fourth-order valence-corrected chi connectivity index (χ4v) is 4.04. The maximum Gasteiger partial charge on any atom is 0.335 e. The van der Waals surface area contributed by atoms with Gasteiger partial charge in [0.15, 0.2) is 11.5 Å². The van der Waals surface area contributed by atoms with Gasteiger partial charge in [-0.15, -0.1) is 0 Å². The number of hydrogen-bond acceptors (Lipinski definition) is 7. The Hall–Kier alpha value is -4.66. The smallest absolute Gasteiger partial charge is 0.335 e. The van der Waals surface area contributed by atoms with E-state index in [0.717, 1.165) is 16.5 Å². The van der Waals surface area contributed by atoms with E-state index in [0.29, 0.717) is 46.3 Å². The Bertz CT molecular complexity index is 1450. The van der Waals surface area contributed by atoms with Crippen molar-refractivity contribution < 1.29 is 24.2 Å². The van der Waals surface area contributed by atoms with Crippen LogP contribution in [0.5, 0.6) is 11.5 Å². The topological polar surface area (TPSA) is 123 Å². The molecule has 1 amide bonds. The molecular formula is C27H26N4O5. The molecule has 4 aromatic rings. The van der Waals surface area contributed by atoms with Crippen molar-refractivity contribution in [3.63, 3.8) is 0 Å². The fourth-order valence-electron chi connectivity index (χ4n) is 4.04. The lowest BCUT2D eigenvalue weighted by Crippen LogP contribution is -2.14. The van der Waals surface area contributed by atoms with Crippen LogP contribution in [0.15, 0.2) is 54.6 Å². The molecule has 184 valence electrons. The summed E-state index contributed by atoms with van der Waals surface area (Å²) in [7, 11) is 4.89. The van der Waals surface area contributed by atoms with E-state index >= 15 is 0 Å². The van der Waals surface area contributed by atoms with E-state index in [-0.39, 0.29) is 11.5 Å². The van der Waals surface area contributed by atoms with E-state index in [9.17, 15) is 9.59 Å². The van der Waals surface area contributed by atoms with E-state index in [1.807, 2.05) is 31.2 Å². The molecule has 9 nitrogen and oxygen atoms in total. The van der Waals surface area contributed by atoms with E-state index in [4.69, 9.17) is 19.6 Å². The molecule has 0 fully saturated rings. The number of carboxylic acids is 1. The van der Waals surface area contributed by atoms with Crippen molar-refractivity contribution in [2.75, 3.05) is 31.9 Å². The summed E-state index contributed by atoms with van der Waals surface area (Å²) < 4.78 is 11.0. The zero-order valence-electron chi connectivity index (χ0n) is 20.4. The number of aromatic nitrogens is 2. The monoisotopic (exact) mass is 486 g/mol. The number of carboxylic acid groups (broad SMARTS) is 1. The average molecular weight is 487 g/mol. The molecule has 0 atom stereocenters. The Balaban J connectivity index is 1.82. The predicted octanol–water partition coefficient (Wildman–Crippen LogP) is 4.87. The number of fused-ring (bicyclic) bond motifs is 1. The Morgan fingerprint density at radius 1 is 0.944 bits per heavy atom. The minimum atomic E-state index is -1.05. The highest BCUT2D eigenvalue weighted by Gasteiger charge is 2.19. The first kappa shape index (κ1) is 24.5. The summed E-state index contributed by atoms with van der Waals surface area (Å²) in [5.74, 6) is 0.172.